The van der Waals surface area contributed by atoms with Gasteiger partial charge in [0.25, 0.3) is 10.1 Å². The van der Waals surface area contributed by atoms with Crippen LogP contribution in [0.5, 0.6) is 0 Å². The number of nitrogens with one attached hydrogen (secondary N) is 1. The van der Waals surface area contributed by atoms with Gasteiger partial charge in [-0.2, -0.15) is 21.6 Å². The normalized spacial score (nSPS) is 15.0. The number of hydrogen-bond donors (Lipinski definition) is 2. The van der Waals surface area contributed by atoms with Gasteiger partial charge >= 0.3 is 6.18 Å². The summed E-state index contributed by atoms with van der Waals surface area (Å²) in [5, 5.41) is 11.4. The lowest BCUT2D eigenvalue weighted by Gasteiger charge is -2.15. The van der Waals surface area contributed by atoms with Crippen molar-refractivity contribution in [3.8, 4) is 11.5 Å². The predicted octanol–water partition coefficient (Wildman–Crippen LogP) is 6.13. The number of benzene rings is 3. The largest absolute Gasteiger partial charge is 0.420 e. The van der Waals surface area contributed by atoms with Crippen LogP contribution in [0.1, 0.15) is 35.4 Å². The van der Waals surface area contributed by atoms with Gasteiger partial charge in [-0.1, -0.05) is 29.8 Å². The summed E-state index contributed by atoms with van der Waals surface area (Å²) in [4.78, 5) is -0.199. The molecule has 0 radical (unpaired) electrons. The van der Waals surface area contributed by atoms with E-state index >= 15 is 0 Å². The summed E-state index contributed by atoms with van der Waals surface area (Å²) < 4.78 is 78.4. The molecule has 0 aliphatic heterocycles. The topological polar surface area (TPSA) is 105 Å². The van der Waals surface area contributed by atoms with Crippen molar-refractivity contribution < 1.29 is 30.6 Å². The number of para-hydroxylation sites is 1. The van der Waals surface area contributed by atoms with E-state index in [1.165, 1.54) is 18.2 Å². The summed E-state index contributed by atoms with van der Waals surface area (Å²) in [6.07, 6.45) is -3.31. The Kier molecular flexibility index (Phi) is 5.64. The second-order valence-corrected chi connectivity index (χ2v) is 10.1. The highest BCUT2D eigenvalue weighted by Crippen LogP contribution is 2.55. The summed E-state index contributed by atoms with van der Waals surface area (Å²) in [5.74, 6) is 0.379. The molecule has 0 saturated heterocycles. The third kappa shape index (κ3) is 4.47. The molecule has 7 nitrogen and oxygen atoms in total. The Morgan fingerprint density at radius 3 is 2.33 bits per heavy atom. The highest BCUT2D eigenvalue weighted by Gasteiger charge is 2.53. The van der Waals surface area contributed by atoms with Crippen molar-refractivity contribution in [1.29, 1.82) is 0 Å². The summed E-state index contributed by atoms with van der Waals surface area (Å²) in [6.45, 7) is 1.82. The van der Waals surface area contributed by atoms with Gasteiger partial charge in [-0.15, -0.1) is 10.2 Å². The Balaban J connectivity index is 1.49. The quantitative estimate of drug-likeness (QED) is 0.298. The number of hydrogen-bond acceptors (Lipinski definition) is 6. The van der Waals surface area contributed by atoms with Crippen LogP contribution in [0.2, 0.25) is 0 Å². The zero-order chi connectivity index (χ0) is 25.7. The molecular weight excluding hydrogens is 495 g/mol. The van der Waals surface area contributed by atoms with Crippen LogP contribution in [0.4, 0.5) is 24.5 Å². The molecule has 2 N–H and O–H groups in total. The van der Waals surface area contributed by atoms with Crippen molar-refractivity contribution in [1.82, 2.24) is 10.2 Å². The van der Waals surface area contributed by atoms with Crippen molar-refractivity contribution in [2.75, 3.05) is 5.32 Å². The third-order valence-corrected chi connectivity index (χ3v) is 7.07. The Bertz CT molecular complexity index is 1540. The average Bonchev–Trinajstić information content (AvgIpc) is 3.48. The summed E-state index contributed by atoms with van der Waals surface area (Å²) in [7, 11) is -4.47. The summed E-state index contributed by atoms with van der Waals surface area (Å²) in [5.41, 5.74) is 1.12. The fourth-order valence-corrected chi connectivity index (χ4v) is 4.94. The van der Waals surface area contributed by atoms with Crippen LogP contribution < -0.4 is 5.32 Å². The van der Waals surface area contributed by atoms with E-state index in [2.05, 4.69) is 15.5 Å². The van der Waals surface area contributed by atoms with Crippen LogP contribution in [0.25, 0.3) is 11.5 Å². The SMILES string of the molecule is Cc1ccc(S(=O)(=O)O)c(C2(c3nnc(-c4ccccc4Nc4ccc(C(F)(F)F)cc4)o3)CC2)c1. The molecule has 4 aromatic rings. The van der Waals surface area contributed by atoms with Gasteiger partial charge in [0.05, 0.1) is 27.1 Å². The summed E-state index contributed by atoms with van der Waals surface area (Å²) >= 11 is 0. The van der Waals surface area contributed by atoms with Gasteiger partial charge in [0.1, 0.15) is 0 Å². The minimum Gasteiger partial charge on any atom is -0.420 e. The Hall–Kier alpha value is -3.70. The van der Waals surface area contributed by atoms with E-state index < -0.39 is 27.3 Å². The maximum atomic E-state index is 12.9. The monoisotopic (exact) mass is 515 g/mol. The molecule has 0 atom stereocenters. The standard InChI is InChI=1S/C25H20F3N3O4S/c1-15-6-11-21(36(32,33)34)19(14-15)24(12-13-24)23-31-30-22(35-23)18-4-2-3-5-20(18)29-17-9-7-16(8-10-17)25(26,27)28/h2-11,14,29H,12-13H2,1H3,(H,32,33,34). The number of halogens is 3. The van der Waals surface area contributed by atoms with Crippen molar-refractivity contribution >= 4 is 21.5 Å². The van der Waals surface area contributed by atoms with Crippen LogP contribution >= 0.6 is 0 Å². The van der Waals surface area contributed by atoms with E-state index in [0.717, 1.165) is 17.7 Å². The molecule has 1 heterocycles. The number of rotatable bonds is 6. The van der Waals surface area contributed by atoms with Crippen LogP contribution in [0, 0.1) is 6.92 Å². The molecule has 1 aliphatic carbocycles. The number of anilines is 2. The van der Waals surface area contributed by atoms with E-state index in [1.54, 1.807) is 36.4 Å². The molecule has 5 rings (SSSR count). The van der Waals surface area contributed by atoms with Crippen molar-refractivity contribution in [2.24, 2.45) is 0 Å². The molecule has 1 fully saturated rings. The predicted molar refractivity (Wildman–Crippen MR) is 125 cm³/mol. The highest BCUT2D eigenvalue weighted by atomic mass is 32.2. The number of alkyl halides is 3. The zero-order valence-corrected chi connectivity index (χ0v) is 19.7. The van der Waals surface area contributed by atoms with Crippen LogP contribution in [0.3, 0.4) is 0 Å². The lowest BCUT2D eigenvalue weighted by molar-refractivity contribution is -0.137. The number of aryl methyl sites for hydroxylation is 1. The first-order chi connectivity index (χ1) is 17.0. The molecule has 0 amide bonds. The second-order valence-electron chi connectivity index (χ2n) is 8.71. The van der Waals surface area contributed by atoms with E-state index in [-0.39, 0.29) is 16.7 Å². The fourth-order valence-electron chi connectivity index (χ4n) is 4.17. The Morgan fingerprint density at radius 2 is 1.69 bits per heavy atom. The maximum Gasteiger partial charge on any atom is 0.416 e. The van der Waals surface area contributed by atoms with Crippen molar-refractivity contribution in [3.63, 3.8) is 0 Å². The minimum absolute atomic E-state index is 0.160. The molecular formula is C25H20F3N3O4S. The van der Waals surface area contributed by atoms with E-state index in [0.29, 0.717) is 35.3 Å². The van der Waals surface area contributed by atoms with E-state index in [9.17, 15) is 26.1 Å². The Morgan fingerprint density at radius 1 is 1.00 bits per heavy atom. The lowest BCUT2D eigenvalue weighted by atomic mass is 9.94. The minimum atomic E-state index is -4.47. The molecule has 1 saturated carbocycles. The molecule has 1 aliphatic rings. The molecule has 11 heteroatoms. The number of aromatic nitrogens is 2. The lowest BCUT2D eigenvalue weighted by Crippen LogP contribution is -2.15. The Labute approximate surface area is 204 Å². The van der Waals surface area contributed by atoms with E-state index in [1.807, 2.05) is 6.92 Å². The molecule has 36 heavy (non-hydrogen) atoms. The van der Waals surface area contributed by atoms with Gasteiger partial charge in [0, 0.05) is 5.69 Å². The molecule has 0 bridgehead atoms. The smallest absolute Gasteiger partial charge is 0.416 e. The molecule has 0 spiro atoms. The van der Waals surface area contributed by atoms with Crippen LogP contribution in [0.15, 0.2) is 76.0 Å². The van der Waals surface area contributed by atoms with Gasteiger partial charge in [-0.3, -0.25) is 4.55 Å². The number of nitrogens with zero attached hydrogens (tertiary/aromatic N) is 2. The molecule has 0 unspecified atom stereocenters. The first-order valence-corrected chi connectivity index (χ1v) is 12.4. The maximum absolute atomic E-state index is 12.9. The third-order valence-electron chi connectivity index (χ3n) is 6.16. The van der Waals surface area contributed by atoms with Crippen molar-refractivity contribution in [2.45, 2.75) is 36.3 Å². The summed E-state index contributed by atoms with van der Waals surface area (Å²) in [6, 6.07) is 16.2. The first kappa shape index (κ1) is 24.0. The average molecular weight is 516 g/mol. The van der Waals surface area contributed by atoms with Gasteiger partial charge < -0.3 is 9.73 Å². The van der Waals surface area contributed by atoms with Gasteiger partial charge in [0.15, 0.2) is 0 Å². The second kappa shape index (κ2) is 8.45. The van der Waals surface area contributed by atoms with Crippen molar-refractivity contribution in [3.05, 3.63) is 89.3 Å². The molecule has 186 valence electrons. The first-order valence-electron chi connectivity index (χ1n) is 10.9. The molecule has 3 aromatic carbocycles. The fraction of sp³-hybridized carbons (Fsp3) is 0.200. The highest BCUT2D eigenvalue weighted by molar-refractivity contribution is 7.85. The van der Waals surface area contributed by atoms with Gasteiger partial charge in [-0.25, -0.2) is 0 Å². The van der Waals surface area contributed by atoms with Crippen LogP contribution in [-0.2, 0) is 21.7 Å². The zero-order valence-electron chi connectivity index (χ0n) is 18.9. The van der Waals surface area contributed by atoms with Gasteiger partial charge in [0.2, 0.25) is 11.8 Å². The van der Waals surface area contributed by atoms with E-state index in [4.69, 9.17) is 4.42 Å². The van der Waals surface area contributed by atoms with Gasteiger partial charge in [-0.05, 0) is 67.8 Å². The van der Waals surface area contributed by atoms with Crippen LogP contribution in [-0.4, -0.2) is 23.2 Å². The molecule has 1 aromatic heterocycles.